The monoisotopic (exact) mass is 301 g/mol. The summed E-state index contributed by atoms with van der Waals surface area (Å²) < 4.78 is 0. The van der Waals surface area contributed by atoms with Gasteiger partial charge in [0.05, 0.1) is 0 Å². The van der Waals surface area contributed by atoms with Crippen LogP contribution in [0.3, 0.4) is 0 Å². The molecule has 0 saturated heterocycles. The first-order chi connectivity index (χ1) is 10.4. The Morgan fingerprint density at radius 2 is 1.68 bits per heavy atom. The highest BCUT2D eigenvalue weighted by atomic mass is 16.4. The van der Waals surface area contributed by atoms with Crippen molar-refractivity contribution < 1.29 is 24.6 Å². The molecular weight excluding hydrogens is 286 g/mol. The molecule has 3 N–H and O–H groups in total. The van der Waals surface area contributed by atoms with Crippen LogP contribution in [0.4, 0.5) is 0 Å². The second kappa shape index (κ2) is 8.21. The number of benzene rings is 1. The summed E-state index contributed by atoms with van der Waals surface area (Å²) in [7, 11) is 0. The van der Waals surface area contributed by atoms with Crippen molar-refractivity contribution in [2.45, 2.75) is 6.42 Å². The molecular formula is C16H15NO5. The number of allylic oxidation sites excluding steroid dienone is 1. The highest BCUT2D eigenvalue weighted by molar-refractivity contribution is 6.12. The maximum atomic E-state index is 10.4. The summed E-state index contributed by atoms with van der Waals surface area (Å²) in [4.78, 5) is 30.5. The van der Waals surface area contributed by atoms with E-state index in [1.54, 1.807) is 36.4 Å². The van der Waals surface area contributed by atoms with Gasteiger partial charge in [-0.25, -0.2) is 4.79 Å². The van der Waals surface area contributed by atoms with Crippen molar-refractivity contribution >= 4 is 23.9 Å². The number of aliphatic carboxylic acids is 1. The third-order valence-corrected chi connectivity index (χ3v) is 2.50. The summed E-state index contributed by atoms with van der Waals surface area (Å²) in [5.41, 5.74) is 1.07. The fraction of sp³-hybridized carbons (Fsp3) is 0.0625. The molecule has 0 aromatic heterocycles. The number of imide groups is 1. The van der Waals surface area contributed by atoms with Crippen LogP contribution in [0.5, 0.6) is 5.75 Å². The van der Waals surface area contributed by atoms with E-state index < -0.39 is 5.97 Å². The zero-order valence-corrected chi connectivity index (χ0v) is 11.7. The van der Waals surface area contributed by atoms with Crippen LogP contribution in [0, 0.1) is 0 Å². The number of aromatic hydroxyl groups is 1. The highest BCUT2D eigenvalue weighted by Gasteiger charge is 2.06. The van der Waals surface area contributed by atoms with Crippen LogP contribution in [0.1, 0.15) is 12.0 Å². The van der Waals surface area contributed by atoms with E-state index in [4.69, 9.17) is 10.2 Å². The smallest absolute Gasteiger partial charge is 0.331 e. The summed E-state index contributed by atoms with van der Waals surface area (Å²) in [6, 6.07) is 6.64. The molecule has 6 nitrogen and oxygen atoms in total. The zero-order valence-electron chi connectivity index (χ0n) is 11.7. The second-order valence-corrected chi connectivity index (χ2v) is 4.29. The predicted octanol–water partition coefficient (Wildman–Crippen LogP) is 1.64. The van der Waals surface area contributed by atoms with Crippen LogP contribution in [0.2, 0.25) is 0 Å². The highest BCUT2D eigenvalue weighted by Crippen LogP contribution is 2.11. The van der Waals surface area contributed by atoms with Crippen LogP contribution in [0.15, 0.2) is 54.6 Å². The van der Waals surface area contributed by atoms with Crippen molar-refractivity contribution in [3.8, 4) is 5.75 Å². The van der Waals surface area contributed by atoms with Gasteiger partial charge in [0, 0.05) is 17.7 Å². The van der Waals surface area contributed by atoms with Gasteiger partial charge in [-0.05, 0) is 24.1 Å². The largest absolute Gasteiger partial charge is 0.508 e. The molecule has 0 aliphatic carbocycles. The fourth-order valence-corrected chi connectivity index (χ4v) is 1.37. The van der Waals surface area contributed by atoms with Gasteiger partial charge in [-0.15, -0.1) is 0 Å². The molecule has 0 unspecified atom stereocenters. The van der Waals surface area contributed by atoms with Gasteiger partial charge in [-0.2, -0.15) is 0 Å². The molecule has 22 heavy (non-hydrogen) atoms. The third kappa shape index (κ3) is 6.33. The summed E-state index contributed by atoms with van der Waals surface area (Å²) in [5.74, 6) is -1.43. The lowest BCUT2D eigenvalue weighted by molar-refractivity contribution is -0.132. The Kier molecular flexibility index (Phi) is 6.31. The Labute approximate surface area is 127 Å². The number of carbonyl (C=O) groups excluding carboxylic acids is 2. The molecule has 0 saturated carbocycles. The molecule has 0 bridgehead atoms. The van der Waals surface area contributed by atoms with Crippen LogP contribution >= 0.6 is 0 Å². The predicted molar refractivity (Wildman–Crippen MR) is 80.8 cm³/mol. The van der Waals surface area contributed by atoms with E-state index in [0.717, 1.165) is 5.56 Å². The van der Waals surface area contributed by atoms with Crippen LogP contribution in [-0.4, -0.2) is 28.0 Å². The lowest BCUT2D eigenvalue weighted by Crippen LogP contribution is -2.19. The molecule has 2 rings (SSSR count). The van der Waals surface area contributed by atoms with Gasteiger partial charge in [0.25, 0.3) is 11.8 Å². The van der Waals surface area contributed by atoms with Crippen LogP contribution in [-0.2, 0) is 14.4 Å². The van der Waals surface area contributed by atoms with E-state index in [1.807, 2.05) is 5.32 Å². The lowest BCUT2D eigenvalue weighted by atomic mass is 10.1. The molecule has 1 aliphatic heterocycles. The van der Waals surface area contributed by atoms with E-state index in [0.29, 0.717) is 6.42 Å². The van der Waals surface area contributed by atoms with E-state index in [1.165, 1.54) is 12.2 Å². The molecule has 0 fully saturated rings. The average molecular weight is 301 g/mol. The minimum atomic E-state index is -0.981. The van der Waals surface area contributed by atoms with Gasteiger partial charge in [-0.3, -0.25) is 14.9 Å². The molecule has 114 valence electrons. The van der Waals surface area contributed by atoms with Gasteiger partial charge < -0.3 is 10.2 Å². The first-order valence-electron chi connectivity index (χ1n) is 6.28. The van der Waals surface area contributed by atoms with Crippen LogP contribution < -0.4 is 5.32 Å². The van der Waals surface area contributed by atoms with Crippen molar-refractivity contribution in [2.75, 3.05) is 0 Å². The summed E-state index contributed by atoms with van der Waals surface area (Å²) >= 11 is 0. The van der Waals surface area contributed by atoms with Crippen LogP contribution in [0.25, 0.3) is 6.08 Å². The number of hydrogen-bond acceptors (Lipinski definition) is 4. The normalized spacial score (nSPS) is 12.7. The summed E-state index contributed by atoms with van der Waals surface area (Å²) in [5, 5.41) is 19.6. The van der Waals surface area contributed by atoms with Crippen molar-refractivity contribution in [3.05, 3.63) is 60.2 Å². The van der Waals surface area contributed by atoms with Crippen molar-refractivity contribution in [2.24, 2.45) is 0 Å². The minimum Gasteiger partial charge on any atom is -0.508 e. The average Bonchev–Trinajstić information content (AvgIpc) is 2.85. The quantitative estimate of drug-likeness (QED) is 0.579. The zero-order chi connectivity index (χ0) is 16.5. The SMILES string of the molecule is C=C(CC=Cc1ccc(O)cc1)C(=O)O.O=C1C=CC(=O)N1. The topological polar surface area (TPSA) is 104 Å². The number of rotatable bonds is 4. The first-order valence-corrected chi connectivity index (χ1v) is 6.28. The second-order valence-electron chi connectivity index (χ2n) is 4.29. The third-order valence-electron chi connectivity index (χ3n) is 2.50. The van der Waals surface area contributed by atoms with Gasteiger partial charge in [0.1, 0.15) is 5.75 Å². The molecule has 1 aliphatic rings. The Morgan fingerprint density at radius 1 is 1.14 bits per heavy atom. The van der Waals surface area contributed by atoms with E-state index in [2.05, 4.69) is 6.58 Å². The maximum Gasteiger partial charge on any atom is 0.331 e. The standard InChI is InChI=1S/C12H12O3.C4H3NO2/c1-9(12(14)15)3-2-4-10-5-7-11(13)8-6-10;6-3-1-2-4(7)5-3/h2,4-8,13H,1,3H2,(H,14,15);1-2H,(H,5,6,7). The number of carboxylic acid groups (broad SMARTS) is 1. The first kappa shape index (κ1) is 16.9. The number of amides is 2. The van der Waals surface area contributed by atoms with E-state index >= 15 is 0 Å². The van der Waals surface area contributed by atoms with Crippen molar-refractivity contribution in [3.63, 3.8) is 0 Å². The maximum absolute atomic E-state index is 10.4. The van der Waals surface area contributed by atoms with E-state index in [-0.39, 0.29) is 23.1 Å². The van der Waals surface area contributed by atoms with Gasteiger partial charge >= 0.3 is 5.97 Å². The number of phenolic OH excluding ortho intramolecular Hbond substituents is 1. The number of carboxylic acids is 1. The molecule has 1 aromatic rings. The molecule has 0 spiro atoms. The number of carbonyl (C=O) groups is 3. The number of hydrogen-bond donors (Lipinski definition) is 3. The summed E-state index contributed by atoms with van der Waals surface area (Å²) in [6.45, 7) is 3.41. The Hall–Kier alpha value is -3.15. The molecule has 6 heteroatoms. The minimum absolute atomic E-state index is 0.157. The Morgan fingerprint density at radius 3 is 2.09 bits per heavy atom. The summed E-state index contributed by atoms with van der Waals surface area (Å²) in [6.07, 6.45) is 6.22. The molecule has 1 heterocycles. The Bertz CT molecular complexity index is 625. The molecule has 0 radical (unpaired) electrons. The van der Waals surface area contributed by atoms with Gasteiger partial charge in [0.2, 0.25) is 0 Å². The van der Waals surface area contributed by atoms with Gasteiger partial charge in [0.15, 0.2) is 0 Å². The lowest BCUT2D eigenvalue weighted by Gasteiger charge is -1.95. The molecule has 1 aromatic carbocycles. The van der Waals surface area contributed by atoms with Gasteiger partial charge in [-0.1, -0.05) is 30.9 Å². The van der Waals surface area contributed by atoms with Crippen molar-refractivity contribution in [1.82, 2.24) is 5.32 Å². The molecule has 2 amide bonds. The number of phenols is 1. The number of nitrogens with one attached hydrogen (secondary N) is 1. The van der Waals surface area contributed by atoms with Crippen molar-refractivity contribution in [1.29, 1.82) is 0 Å². The Balaban J connectivity index is 0.000000287. The fourth-order valence-electron chi connectivity index (χ4n) is 1.37. The molecule has 0 atom stereocenters. The van der Waals surface area contributed by atoms with E-state index in [9.17, 15) is 14.4 Å².